The van der Waals surface area contributed by atoms with Gasteiger partial charge in [-0.2, -0.15) is 0 Å². The molecular formula is C29H21Cl2N3O4S. The molecule has 2 N–H and O–H groups in total. The summed E-state index contributed by atoms with van der Waals surface area (Å²) in [6.07, 6.45) is 1.59. The summed E-state index contributed by atoms with van der Waals surface area (Å²) >= 11 is 13.1. The fraction of sp³-hybridized carbons (Fsp3) is 0.0690. The Balaban J connectivity index is 1.49. The molecule has 196 valence electrons. The summed E-state index contributed by atoms with van der Waals surface area (Å²) in [7, 11) is 1.54. The van der Waals surface area contributed by atoms with Gasteiger partial charge in [0.2, 0.25) is 5.16 Å². The molecule has 0 aliphatic rings. The molecule has 0 fully saturated rings. The number of hydrogen-bond donors (Lipinski definition) is 2. The van der Waals surface area contributed by atoms with E-state index in [0.717, 1.165) is 28.1 Å². The number of methoxy groups -OCH3 is 1. The molecule has 5 rings (SSSR count). The van der Waals surface area contributed by atoms with Crippen molar-refractivity contribution in [2.45, 2.75) is 11.8 Å². The highest BCUT2D eigenvalue weighted by Gasteiger charge is 2.18. The van der Waals surface area contributed by atoms with Crippen LogP contribution in [0, 0.1) is 0 Å². The number of thioether (sulfide) groups is 1. The van der Waals surface area contributed by atoms with E-state index in [1.54, 1.807) is 43.5 Å². The molecule has 0 saturated heterocycles. The summed E-state index contributed by atoms with van der Waals surface area (Å²) in [5.41, 5.74) is 2.18. The molecule has 0 aliphatic carbocycles. The average molecular weight is 578 g/mol. The molecule has 0 unspecified atom stereocenters. The van der Waals surface area contributed by atoms with E-state index >= 15 is 0 Å². The van der Waals surface area contributed by atoms with Crippen molar-refractivity contribution in [3.05, 3.63) is 105 Å². The minimum absolute atomic E-state index is 0.0197. The SMILES string of the molecule is COc1ccc(Cl)cc1-c1nc(S/C(=C\c2c(OCc3ccc(Cl)cc3)ccc3ccccc23)C(=O)O)n[nH]1. The second-order valence-corrected chi connectivity index (χ2v) is 10.2. The summed E-state index contributed by atoms with van der Waals surface area (Å²) < 4.78 is 11.5. The Morgan fingerprint density at radius 2 is 1.74 bits per heavy atom. The van der Waals surface area contributed by atoms with Gasteiger partial charge in [0.1, 0.15) is 23.0 Å². The van der Waals surface area contributed by atoms with Crippen molar-refractivity contribution >= 4 is 57.8 Å². The van der Waals surface area contributed by atoms with Gasteiger partial charge in [-0.25, -0.2) is 9.78 Å². The number of carbonyl (C=O) groups is 1. The maximum absolute atomic E-state index is 12.3. The van der Waals surface area contributed by atoms with Crippen LogP contribution in [0.4, 0.5) is 0 Å². The third kappa shape index (κ3) is 6.20. The predicted molar refractivity (Wildman–Crippen MR) is 155 cm³/mol. The predicted octanol–water partition coefficient (Wildman–Crippen LogP) is 7.74. The number of aromatic amines is 1. The Labute approximate surface area is 238 Å². The normalized spacial score (nSPS) is 11.5. The summed E-state index contributed by atoms with van der Waals surface area (Å²) in [6, 6.07) is 24.0. The van der Waals surface area contributed by atoms with Crippen LogP contribution in [0.3, 0.4) is 0 Å². The first-order valence-electron chi connectivity index (χ1n) is 11.7. The van der Waals surface area contributed by atoms with Crippen LogP contribution in [-0.4, -0.2) is 33.4 Å². The highest BCUT2D eigenvalue weighted by molar-refractivity contribution is 8.04. The van der Waals surface area contributed by atoms with E-state index in [1.165, 1.54) is 0 Å². The topological polar surface area (TPSA) is 97.3 Å². The fourth-order valence-electron chi connectivity index (χ4n) is 3.93. The lowest BCUT2D eigenvalue weighted by Gasteiger charge is -2.13. The third-order valence-electron chi connectivity index (χ3n) is 5.81. The Bertz CT molecular complexity index is 1690. The largest absolute Gasteiger partial charge is 0.496 e. The molecule has 1 aromatic heterocycles. The van der Waals surface area contributed by atoms with E-state index in [4.69, 9.17) is 32.7 Å². The summed E-state index contributed by atoms with van der Waals surface area (Å²) in [4.78, 5) is 16.8. The van der Waals surface area contributed by atoms with E-state index in [1.807, 2.05) is 48.5 Å². The first kappa shape index (κ1) is 26.6. The van der Waals surface area contributed by atoms with Crippen LogP contribution in [0.15, 0.2) is 88.9 Å². The standard InChI is InChI=1S/C29H21Cl2N3O4S/c1-37-24-13-11-20(31)14-23(24)27-32-29(34-33-27)39-26(28(35)36)15-22-21-5-3-2-4-18(21)8-12-25(22)38-16-17-6-9-19(30)10-7-17/h2-15H,16H2,1H3,(H,35,36)(H,32,33,34)/b26-15-. The van der Waals surface area contributed by atoms with Crippen molar-refractivity contribution in [2.24, 2.45) is 0 Å². The Morgan fingerprint density at radius 3 is 2.51 bits per heavy atom. The third-order valence-corrected chi connectivity index (χ3v) is 7.17. The van der Waals surface area contributed by atoms with Crippen LogP contribution >= 0.6 is 35.0 Å². The number of carboxylic acid groups (broad SMARTS) is 1. The van der Waals surface area contributed by atoms with E-state index < -0.39 is 5.97 Å². The zero-order valence-electron chi connectivity index (χ0n) is 20.5. The smallest absolute Gasteiger partial charge is 0.342 e. The molecule has 7 nitrogen and oxygen atoms in total. The van der Waals surface area contributed by atoms with Crippen molar-refractivity contribution in [2.75, 3.05) is 7.11 Å². The maximum Gasteiger partial charge on any atom is 0.342 e. The minimum atomic E-state index is -1.12. The Morgan fingerprint density at radius 1 is 1.00 bits per heavy atom. The van der Waals surface area contributed by atoms with Crippen LogP contribution in [0.5, 0.6) is 11.5 Å². The zero-order valence-corrected chi connectivity index (χ0v) is 22.8. The van der Waals surface area contributed by atoms with Crippen LogP contribution < -0.4 is 9.47 Å². The number of benzene rings is 4. The highest BCUT2D eigenvalue weighted by Crippen LogP contribution is 2.36. The summed E-state index contributed by atoms with van der Waals surface area (Å²) in [6.45, 7) is 0.289. The number of nitrogens with one attached hydrogen (secondary N) is 1. The quantitative estimate of drug-likeness (QED) is 0.136. The van der Waals surface area contributed by atoms with Crippen LogP contribution in [0.1, 0.15) is 11.1 Å². The number of hydrogen-bond acceptors (Lipinski definition) is 6. The molecule has 0 bridgehead atoms. The van der Waals surface area contributed by atoms with Crippen LogP contribution in [0.25, 0.3) is 28.2 Å². The van der Waals surface area contributed by atoms with Gasteiger partial charge in [-0.3, -0.25) is 5.10 Å². The number of halogens is 2. The molecule has 0 saturated carbocycles. The van der Waals surface area contributed by atoms with Crippen LogP contribution in [0.2, 0.25) is 10.0 Å². The monoisotopic (exact) mass is 577 g/mol. The van der Waals surface area contributed by atoms with Gasteiger partial charge in [0.05, 0.1) is 12.7 Å². The van der Waals surface area contributed by atoms with Gasteiger partial charge < -0.3 is 14.6 Å². The number of rotatable bonds is 9. The number of H-pyrrole nitrogens is 1. The second kappa shape index (κ2) is 11.8. The molecule has 0 spiro atoms. The van der Waals surface area contributed by atoms with Gasteiger partial charge in [-0.15, -0.1) is 5.10 Å². The molecule has 0 aliphatic heterocycles. The molecular weight excluding hydrogens is 557 g/mol. The first-order chi connectivity index (χ1) is 18.9. The Hall–Kier alpha value is -3.98. The number of aliphatic carboxylic acids is 1. The number of fused-ring (bicyclic) bond motifs is 1. The molecule has 5 aromatic rings. The average Bonchev–Trinajstić information content (AvgIpc) is 3.41. The summed E-state index contributed by atoms with van der Waals surface area (Å²) in [5.74, 6) is 0.378. The number of nitrogens with zero attached hydrogens (tertiary/aromatic N) is 2. The van der Waals surface area contributed by atoms with Gasteiger partial charge in [-0.1, -0.05) is 65.7 Å². The Kier molecular flexibility index (Phi) is 8.07. The number of carboxylic acids is 1. The highest BCUT2D eigenvalue weighted by atomic mass is 35.5. The molecule has 0 atom stereocenters. The van der Waals surface area contributed by atoms with Crippen molar-refractivity contribution in [3.8, 4) is 22.9 Å². The lowest BCUT2D eigenvalue weighted by Crippen LogP contribution is -2.00. The fourth-order valence-corrected chi connectivity index (χ4v) is 4.92. The van der Waals surface area contributed by atoms with Gasteiger partial charge >= 0.3 is 5.97 Å². The van der Waals surface area contributed by atoms with Gasteiger partial charge in [0.15, 0.2) is 5.82 Å². The molecule has 39 heavy (non-hydrogen) atoms. The minimum Gasteiger partial charge on any atom is -0.496 e. The van der Waals surface area contributed by atoms with Crippen molar-refractivity contribution < 1.29 is 19.4 Å². The van der Waals surface area contributed by atoms with Gasteiger partial charge in [-0.05, 0) is 70.6 Å². The molecule has 0 radical (unpaired) electrons. The number of ether oxygens (including phenoxy) is 2. The maximum atomic E-state index is 12.3. The lowest BCUT2D eigenvalue weighted by molar-refractivity contribution is -0.131. The van der Waals surface area contributed by atoms with Gasteiger partial charge in [0, 0.05) is 15.6 Å². The lowest BCUT2D eigenvalue weighted by atomic mass is 10.0. The van der Waals surface area contributed by atoms with E-state index in [0.29, 0.717) is 38.5 Å². The molecule has 10 heteroatoms. The zero-order chi connectivity index (χ0) is 27.4. The van der Waals surface area contributed by atoms with Crippen LogP contribution in [-0.2, 0) is 11.4 Å². The van der Waals surface area contributed by atoms with E-state index in [-0.39, 0.29) is 16.7 Å². The molecule has 1 heterocycles. The van der Waals surface area contributed by atoms with Gasteiger partial charge in [0.25, 0.3) is 0 Å². The molecule has 0 amide bonds. The van der Waals surface area contributed by atoms with Crippen molar-refractivity contribution in [1.82, 2.24) is 15.2 Å². The summed E-state index contributed by atoms with van der Waals surface area (Å²) in [5, 5.41) is 20.3. The van der Waals surface area contributed by atoms with Crippen molar-refractivity contribution in [1.29, 1.82) is 0 Å². The van der Waals surface area contributed by atoms with Crippen molar-refractivity contribution in [3.63, 3.8) is 0 Å². The first-order valence-corrected chi connectivity index (χ1v) is 13.3. The van der Waals surface area contributed by atoms with E-state index in [9.17, 15) is 9.90 Å². The molecule has 4 aromatic carbocycles. The van der Waals surface area contributed by atoms with E-state index in [2.05, 4.69) is 15.2 Å². The number of aromatic nitrogens is 3. The second-order valence-electron chi connectivity index (χ2n) is 8.34.